The Hall–Kier alpha value is -2.96. The summed E-state index contributed by atoms with van der Waals surface area (Å²) in [7, 11) is 0. The molecule has 1 aromatic heterocycles. The lowest BCUT2D eigenvalue weighted by Crippen LogP contribution is -2.27. The molecule has 0 aliphatic heterocycles. The molecule has 2 aromatic rings. The number of aromatic nitrogens is 2. The van der Waals surface area contributed by atoms with Gasteiger partial charge in [0.25, 0.3) is 0 Å². The molecule has 0 fully saturated rings. The molecule has 0 radical (unpaired) electrons. The van der Waals surface area contributed by atoms with E-state index in [4.69, 9.17) is 4.74 Å². The molecule has 24 heavy (non-hydrogen) atoms. The Kier molecular flexibility index (Phi) is 5.13. The van der Waals surface area contributed by atoms with E-state index >= 15 is 0 Å². The van der Waals surface area contributed by atoms with Crippen molar-refractivity contribution in [1.82, 2.24) is 9.97 Å². The van der Waals surface area contributed by atoms with E-state index in [-0.39, 0.29) is 0 Å². The summed E-state index contributed by atoms with van der Waals surface area (Å²) in [5.74, 6) is 0.394. The zero-order chi connectivity index (χ0) is 17.7. The highest BCUT2D eigenvalue weighted by atomic mass is 16.6. The second kappa shape index (κ2) is 7.08. The Labute approximate surface area is 140 Å². The first-order valence-electron chi connectivity index (χ1n) is 7.43. The van der Waals surface area contributed by atoms with E-state index in [0.29, 0.717) is 22.9 Å². The molecule has 1 amide bonds. The summed E-state index contributed by atoms with van der Waals surface area (Å²) in [6.07, 6.45) is 1.68. The van der Waals surface area contributed by atoms with Crippen LogP contribution in [-0.4, -0.2) is 27.9 Å². The third-order valence-electron chi connectivity index (χ3n) is 2.93. The molecule has 7 heteroatoms. The molecular weight excluding hydrogens is 308 g/mol. The smallest absolute Gasteiger partial charge is 0.412 e. The van der Waals surface area contributed by atoms with Gasteiger partial charge in [-0.05, 0) is 52.0 Å². The predicted molar refractivity (Wildman–Crippen MR) is 91.7 cm³/mol. The first-order valence-corrected chi connectivity index (χ1v) is 7.43. The molecule has 0 unspecified atom stereocenters. The van der Waals surface area contributed by atoms with Crippen LogP contribution in [0.2, 0.25) is 0 Å². The molecule has 2 rings (SSSR count). The maximum atomic E-state index is 11.7. The Bertz CT molecular complexity index is 736. The van der Waals surface area contributed by atoms with Gasteiger partial charge in [0, 0.05) is 17.6 Å². The van der Waals surface area contributed by atoms with Crippen molar-refractivity contribution in [1.29, 1.82) is 0 Å². The van der Waals surface area contributed by atoms with Gasteiger partial charge in [-0.2, -0.15) is 0 Å². The molecule has 2 N–H and O–H groups in total. The monoisotopic (exact) mass is 328 g/mol. The zero-order valence-electron chi connectivity index (χ0n) is 14.1. The molecule has 0 bridgehead atoms. The fraction of sp³-hybridized carbons (Fsp3) is 0.294. The summed E-state index contributed by atoms with van der Waals surface area (Å²) >= 11 is 0. The normalized spacial score (nSPS) is 10.8. The number of carbonyl (C=O) groups is 2. The van der Waals surface area contributed by atoms with Crippen molar-refractivity contribution in [3.8, 4) is 0 Å². The van der Waals surface area contributed by atoms with Crippen molar-refractivity contribution in [2.24, 2.45) is 0 Å². The summed E-state index contributed by atoms with van der Waals surface area (Å²) in [4.78, 5) is 30.7. The minimum Gasteiger partial charge on any atom is -0.444 e. The van der Waals surface area contributed by atoms with E-state index < -0.39 is 11.7 Å². The average Bonchev–Trinajstić information content (AvgIpc) is 2.47. The van der Waals surface area contributed by atoms with E-state index in [1.807, 2.05) is 0 Å². The Morgan fingerprint density at radius 2 is 1.79 bits per heavy atom. The maximum Gasteiger partial charge on any atom is 0.412 e. The van der Waals surface area contributed by atoms with E-state index in [1.54, 1.807) is 52.0 Å². The Morgan fingerprint density at radius 1 is 1.17 bits per heavy atom. The fourth-order valence-corrected chi connectivity index (χ4v) is 1.84. The van der Waals surface area contributed by atoms with Crippen molar-refractivity contribution in [3.05, 3.63) is 41.7 Å². The number of nitrogens with zero attached hydrogens (tertiary/aromatic N) is 2. The van der Waals surface area contributed by atoms with Crippen LogP contribution in [0, 0.1) is 6.92 Å². The highest BCUT2D eigenvalue weighted by molar-refractivity contribution is 5.85. The van der Waals surface area contributed by atoms with Crippen molar-refractivity contribution >= 4 is 29.7 Å². The molecule has 0 atom stereocenters. The third-order valence-corrected chi connectivity index (χ3v) is 2.93. The first kappa shape index (κ1) is 17.4. The van der Waals surface area contributed by atoms with Crippen molar-refractivity contribution in [3.63, 3.8) is 0 Å². The number of anilines is 3. The lowest BCUT2D eigenvalue weighted by atomic mass is 10.2. The van der Waals surface area contributed by atoms with Crippen molar-refractivity contribution in [2.75, 3.05) is 10.6 Å². The highest BCUT2D eigenvalue weighted by Gasteiger charge is 2.16. The quantitative estimate of drug-likeness (QED) is 0.831. The van der Waals surface area contributed by atoms with Crippen LogP contribution in [0.25, 0.3) is 0 Å². The Balaban J connectivity index is 2.00. The number of rotatable bonds is 4. The van der Waals surface area contributed by atoms with Gasteiger partial charge in [-0.15, -0.1) is 0 Å². The SMILES string of the molecule is Cc1nc(Nc2ccc(NC(=O)OC(C)(C)C)cc2)ncc1C=O. The van der Waals surface area contributed by atoms with Gasteiger partial charge < -0.3 is 10.1 Å². The van der Waals surface area contributed by atoms with Gasteiger partial charge in [-0.1, -0.05) is 0 Å². The largest absolute Gasteiger partial charge is 0.444 e. The molecule has 0 spiro atoms. The number of benzene rings is 1. The third kappa shape index (κ3) is 5.05. The molecule has 7 nitrogen and oxygen atoms in total. The van der Waals surface area contributed by atoms with Gasteiger partial charge >= 0.3 is 6.09 Å². The lowest BCUT2D eigenvalue weighted by Gasteiger charge is -2.19. The molecular formula is C17H20N4O3. The topological polar surface area (TPSA) is 93.2 Å². The molecule has 1 heterocycles. The van der Waals surface area contributed by atoms with Crippen molar-refractivity contribution < 1.29 is 14.3 Å². The predicted octanol–water partition coefficient (Wildman–Crippen LogP) is 3.69. The van der Waals surface area contributed by atoms with Crippen molar-refractivity contribution in [2.45, 2.75) is 33.3 Å². The molecule has 126 valence electrons. The number of aldehydes is 1. The van der Waals surface area contributed by atoms with E-state index in [2.05, 4.69) is 20.6 Å². The Morgan fingerprint density at radius 3 is 2.33 bits per heavy atom. The highest BCUT2D eigenvalue weighted by Crippen LogP contribution is 2.18. The van der Waals surface area contributed by atoms with Gasteiger partial charge in [0.2, 0.25) is 5.95 Å². The number of carbonyl (C=O) groups excluding carboxylic acids is 2. The molecule has 0 saturated carbocycles. The summed E-state index contributed by atoms with van der Waals surface area (Å²) in [5.41, 5.74) is 1.88. The van der Waals surface area contributed by atoms with Gasteiger partial charge in [0.15, 0.2) is 6.29 Å². The summed E-state index contributed by atoms with van der Waals surface area (Å²) in [6, 6.07) is 7.02. The van der Waals surface area contributed by atoms with Gasteiger partial charge in [0.1, 0.15) is 5.60 Å². The standard InChI is InChI=1S/C17H20N4O3/c1-11-12(10-22)9-18-15(19-11)20-13-5-7-14(8-6-13)21-16(23)24-17(2,3)4/h5-10H,1-4H3,(H,21,23)(H,18,19,20). The van der Waals surface area contributed by atoms with Crippen LogP contribution in [0.3, 0.4) is 0 Å². The van der Waals surface area contributed by atoms with Crippen LogP contribution in [0.5, 0.6) is 0 Å². The average molecular weight is 328 g/mol. The molecule has 0 aliphatic rings. The number of hydrogen-bond acceptors (Lipinski definition) is 6. The van der Waals surface area contributed by atoms with E-state index in [1.165, 1.54) is 6.20 Å². The van der Waals surface area contributed by atoms with Crippen LogP contribution in [0.15, 0.2) is 30.5 Å². The second-order valence-electron chi connectivity index (χ2n) is 6.18. The molecule has 0 saturated heterocycles. The van der Waals surface area contributed by atoms with Gasteiger partial charge in [-0.3, -0.25) is 10.1 Å². The number of ether oxygens (including phenoxy) is 1. The maximum absolute atomic E-state index is 11.7. The van der Waals surface area contributed by atoms with Gasteiger partial charge in [0.05, 0.1) is 11.3 Å². The lowest BCUT2D eigenvalue weighted by molar-refractivity contribution is 0.0636. The summed E-state index contributed by atoms with van der Waals surface area (Å²) < 4.78 is 5.19. The summed E-state index contributed by atoms with van der Waals surface area (Å²) in [5, 5.41) is 5.69. The summed E-state index contributed by atoms with van der Waals surface area (Å²) in [6.45, 7) is 7.15. The zero-order valence-corrected chi connectivity index (χ0v) is 14.1. The van der Waals surface area contributed by atoms with Crippen LogP contribution in [-0.2, 0) is 4.74 Å². The van der Waals surface area contributed by atoms with Gasteiger partial charge in [-0.25, -0.2) is 14.8 Å². The van der Waals surface area contributed by atoms with Crippen LogP contribution >= 0.6 is 0 Å². The van der Waals surface area contributed by atoms with Crippen LogP contribution in [0.1, 0.15) is 36.8 Å². The number of amides is 1. The number of hydrogen-bond donors (Lipinski definition) is 2. The second-order valence-corrected chi connectivity index (χ2v) is 6.18. The fourth-order valence-electron chi connectivity index (χ4n) is 1.84. The van der Waals surface area contributed by atoms with Crippen LogP contribution < -0.4 is 10.6 Å². The molecule has 0 aliphatic carbocycles. The first-order chi connectivity index (χ1) is 11.3. The van der Waals surface area contributed by atoms with E-state index in [0.717, 1.165) is 12.0 Å². The minimum absolute atomic E-state index is 0.394. The van der Waals surface area contributed by atoms with E-state index in [9.17, 15) is 9.59 Å². The number of nitrogens with one attached hydrogen (secondary N) is 2. The number of aryl methyl sites for hydroxylation is 1. The minimum atomic E-state index is -0.547. The van der Waals surface area contributed by atoms with Crippen LogP contribution in [0.4, 0.5) is 22.1 Å². The molecule has 1 aromatic carbocycles.